The van der Waals surface area contributed by atoms with Gasteiger partial charge in [0.05, 0.1) is 24.0 Å². The van der Waals surface area contributed by atoms with Crippen molar-refractivity contribution in [1.29, 1.82) is 0 Å². The highest BCUT2D eigenvalue weighted by molar-refractivity contribution is 5.63. The minimum Gasteiger partial charge on any atom is -0.489 e. The van der Waals surface area contributed by atoms with Crippen LogP contribution in [-0.4, -0.2) is 21.1 Å². The molecule has 26 heavy (non-hydrogen) atoms. The Labute approximate surface area is 153 Å². The van der Waals surface area contributed by atoms with E-state index in [-0.39, 0.29) is 6.10 Å². The molecule has 0 aliphatic heterocycles. The number of aryl methyl sites for hydroxylation is 1. The van der Waals surface area contributed by atoms with Gasteiger partial charge in [-0.05, 0) is 45.0 Å². The highest BCUT2D eigenvalue weighted by Crippen LogP contribution is 2.27. The fourth-order valence-electron chi connectivity index (χ4n) is 2.45. The van der Waals surface area contributed by atoms with Crippen LogP contribution in [0.5, 0.6) is 5.75 Å². The van der Waals surface area contributed by atoms with Crippen molar-refractivity contribution in [3.05, 3.63) is 66.1 Å². The van der Waals surface area contributed by atoms with Gasteiger partial charge in [0.2, 0.25) is 5.95 Å². The van der Waals surface area contributed by atoms with Crippen molar-refractivity contribution in [2.45, 2.75) is 33.4 Å². The van der Waals surface area contributed by atoms with Gasteiger partial charge in [0.1, 0.15) is 11.6 Å². The average Bonchev–Trinajstić information content (AvgIpc) is 2.62. The molecule has 6 nitrogen and oxygen atoms in total. The summed E-state index contributed by atoms with van der Waals surface area (Å²) >= 11 is 0. The van der Waals surface area contributed by atoms with Crippen LogP contribution >= 0.6 is 0 Å². The van der Waals surface area contributed by atoms with Crippen LogP contribution < -0.4 is 15.4 Å². The van der Waals surface area contributed by atoms with Gasteiger partial charge < -0.3 is 15.4 Å². The molecular formula is C20H23N5O. The normalized spacial score (nSPS) is 10.6. The number of hydrogen-bond acceptors (Lipinski definition) is 6. The van der Waals surface area contributed by atoms with Crippen LogP contribution in [0.2, 0.25) is 0 Å². The van der Waals surface area contributed by atoms with Gasteiger partial charge in [-0.15, -0.1) is 0 Å². The number of pyridine rings is 1. The predicted molar refractivity (Wildman–Crippen MR) is 104 cm³/mol. The summed E-state index contributed by atoms with van der Waals surface area (Å²) in [5.41, 5.74) is 2.66. The Balaban J connectivity index is 1.76. The van der Waals surface area contributed by atoms with Gasteiger partial charge in [-0.25, -0.2) is 4.98 Å². The van der Waals surface area contributed by atoms with E-state index in [1.54, 1.807) is 6.20 Å². The van der Waals surface area contributed by atoms with Gasteiger partial charge in [-0.3, -0.25) is 4.98 Å². The van der Waals surface area contributed by atoms with E-state index in [1.807, 2.05) is 69.3 Å². The van der Waals surface area contributed by atoms with Crippen molar-refractivity contribution >= 4 is 17.5 Å². The van der Waals surface area contributed by atoms with Crippen molar-refractivity contribution < 1.29 is 4.74 Å². The minimum atomic E-state index is 0.0898. The first kappa shape index (κ1) is 17.7. The largest absolute Gasteiger partial charge is 0.489 e. The molecule has 0 aliphatic carbocycles. The number of benzene rings is 1. The van der Waals surface area contributed by atoms with Gasteiger partial charge in [-0.2, -0.15) is 4.98 Å². The molecule has 0 fully saturated rings. The molecule has 2 aromatic heterocycles. The Hall–Kier alpha value is -3.15. The van der Waals surface area contributed by atoms with Gasteiger partial charge in [0.25, 0.3) is 0 Å². The smallest absolute Gasteiger partial charge is 0.229 e. The summed E-state index contributed by atoms with van der Waals surface area (Å²) in [5, 5.41) is 6.54. The predicted octanol–water partition coefficient (Wildman–Crippen LogP) is 4.32. The molecule has 6 heteroatoms. The van der Waals surface area contributed by atoms with Crippen LogP contribution in [0.1, 0.15) is 25.2 Å². The van der Waals surface area contributed by atoms with E-state index in [1.165, 1.54) is 0 Å². The zero-order chi connectivity index (χ0) is 18.4. The Kier molecular flexibility index (Phi) is 5.63. The number of nitrogens with zero attached hydrogens (tertiary/aromatic N) is 3. The summed E-state index contributed by atoms with van der Waals surface area (Å²) in [4.78, 5) is 13.3. The summed E-state index contributed by atoms with van der Waals surface area (Å²) in [6.07, 6.45) is 1.87. The first-order valence-electron chi connectivity index (χ1n) is 8.62. The van der Waals surface area contributed by atoms with Crippen molar-refractivity contribution in [1.82, 2.24) is 15.0 Å². The van der Waals surface area contributed by atoms with Gasteiger partial charge in [0, 0.05) is 18.0 Å². The fraction of sp³-hybridized carbons (Fsp3) is 0.250. The molecule has 0 amide bonds. The molecule has 2 N–H and O–H groups in total. The number of anilines is 3. The third kappa shape index (κ3) is 4.92. The Morgan fingerprint density at radius 3 is 2.62 bits per heavy atom. The fourth-order valence-corrected chi connectivity index (χ4v) is 2.45. The van der Waals surface area contributed by atoms with Gasteiger partial charge >= 0.3 is 0 Å². The number of hydrogen-bond donors (Lipinski definition) is 2. The lowest BCUT2D eigenvalue weighted by atomic mass is 10.3. The molecule has 2 heterocycles. The maximum Gasteiger partial charge on any atom is 0.229 e. The summed E-state index contributed by atoms with van der Waals surface area (Å²) in [6.45, 7) is 6.54. The van der Waals surface area contributed by atoms with E-state index in [2.05, 4.69) is 25.6 Å². The first-order valence-corrected chi connectivity index (χ1v) is 8.62. The number of aromatic nitrogens is 3. The number of rotatable bonds is 7. The standard InChI is InChI=1S/C20H23N5O/c1-14(2)26-18-10-5-4-9-17(18)24-20-23-15(3)12-19(25-20)22-13-16-8-6-7-11-21-16/h4-12,14H,13H2,1-3H3,(H2,22,23,24,25). The quantitative estimate of drug-likeness (QED) is 0.662. The molecule has 0 saturated heterocycles. The molecule has 0 radical (unpaired) electrons. The molecule has 0 atom stereocenters. The molecule has 134 valence electrons. The minimum absolute atomic E-state index is 0.0898. The third-order valence-corrected chi connectivity index (χ3v) is 3.53. The molecule has 0 bridgehead atoms. The lowest BCUT2D eigenvalue weighted by molar-refractivity contribution is 0.244. The van der Waals surface area contributed by atoms with E-state index in [9.17, 15) is 0 Å². The Bertz CT molecular complexity index is 852. The van der Waals surface area contributed by atoms with Gasteiger partial charge in [-0.1, -0.05) is 18.2 Å². The Morgan fingerprint density at radius 1 is 1.04 bits per heavy atom. The highest BCUT2D eigenvalue weighted by atomic mass is 16.5. The molecule has 0 unspecified atom stereocenters. The van der Waals surface area contributed by atoms with Crippen LogP contribution in [-0.2, 0) is 6.54 Å². The van der Waals surface area contributed by atoms with Crippen molar-refractivity contribution in [3.63, 3.8) is 0 Å². The summed E-state index contributed by atoms with van der Waals surface area (Å²) in [5.74, 6) is 2.04. The van der Waals surface area contributed by atoms with E-state index in [4.69, 9.17) is 4.74 Å². The topological polar surface area (TPSA) is 72.0 Å². The number of para-hydroxylation sites is 2. The monoisotopic (exact) mass is 349 g/mol. The second kappa shape index (κ2) is 8.29. The SMILES string of the molecule is Cc1cc(NCc2ccccn2)nc(Nc2ccccc2OC(C)C)n1. The summed E-state index contributed by atoms with van der Waals surface area (Å²) < 4.78 is 5.84. The Morgan fingerprint density at radius 2 is 1.85 bits per heavy atom. The summed E-state index contributed by atoms with van der Waals surface area (Å²) in [7, 11) is 0. The maximum atomic E-state index is 5.84. The van der Waals surface area contributed by atoms with Crippen molar-refractivity contribution in [2.75, 3.05) is 10.6 Å². The molecule has 1 aromatic carbocycles. The number of ether oxygens (including phenoxy) is 1. The lowest BCUT2D eigenvalue weighted by Gasteiger charge is -2.15. The maximum absolute atomic E-state index is 5.84. The lowest BCUT2D eigenvalue weighted by Crippen LogP contribution is -2.09. The van der Waals surface area contributed by atoms with Crippen LogP contribution in [0.4, 0.5) is 17.5 Å². The van der Waals surface area contributed by atoms with E-state index >= 15 is 0 Å². The van der Waals surface area contributed by atoms with E-state index in [0.717, 1.165) is 28.6 Å². The molecular weight excluding hydrogens is 326 g/mol. The van der Waals surface area contributed by atoms with E-state index < -0.39 is 0 Å². The van der Waals surface area contributed by atoms with Crippen molar-refractivity contribution in [3.8, 4) is 5.75 Å². The van der Waals surface area contributed by atoms with Crippen LogP contribution in [0, 0.1) is 6.92 Å². The molecule has 3 aromatic rings. The second-order valence-electron chi connectivity index (χ2n) is 6.18. The molecule has 0 spiro atoms. The molecule has 0 saturated carbocycles. The zero-order valence-electron chi connectivity index (χ0n) is 15.2. The van der Waals surface area contributed by atoms with Crippen LogP contribution in [0.3, 0.4) is 0 Å². The number of nitrogens with one attached hydrogen (secondary N) is 2. The zero-order valence-corrected chi connectivity index (χ0v) is 15.2. The van der Waals surface area contributed by atoms with Crippen LogP contribution in [0.15, 0.2) is 54.7 Å². The highest BCUT2D eigenvalue weighted by Gasteiger charge is 2.08. The van der Waals surface area contributed by atoms with Crippen LogP contribution in [0.25, 0.3) is 0 Å². The van der Waals surface area contributed by atoms with Crippen molar-refractivity contribution in [2.24, 2.45) is 0 Å². The molecule has 0 aliphatic rings. The third-order valence-electron chi connectivity index (χ3n) is 3.53. The first-order chi connectivity index (χ1) is 12.6. The summed E-state index contributed by atoms with van der Waals surface area (Å²) in [6, 6.07) is 15.5. The second-order valence-corrected chi connectivity index (χ2v) is 6.18. The molecule has 3 rings (SSSR count). The van der Waals surface area contributed by atoms with Gasteiger partial charge in [0.15, 0.2) is 0 Å². The average molecular weight is 349 g/mol. The van der Waals surface area contributed by atoms with E-state index in [0.29, 0.717) is 12.5 Å².